The van der Waals surface area contributed by atoms with Gasteiger partial charge in [-0.25, -0.2) is 13.8 Å². The average molecular weight is 196 g/mol. The second-order valence-corrected chi connectivity index (χ2v) is 2.70. The summed E-state index contributed by atoms with van der Waals surface area (Å²) in [6, 6.07) is 2.20. The molecule has 14 heavy (non-hydrogen) atoms. The van der Waals surface area contributed by atoms with Crippen LogP contribution < -0.4 is 5.73 Å². The van der Waals surface area contributed by atoms with Gasteiger partial charge in [0.15, 0.2) is 17.5 Å². The Balaban J connectivity index is 2.64. The number of hydrogen-bond donors (Lipinski definition) is 2. The maximum absolute atomic E-state index is 13.2. The fourth-order valence-corrected chi connectivity index (χ4v) is 1.12. The summed E-state index contributed by atoms with van der Waals surface area (Å²) >= 11 is 0. The number of nitrogens with two attached hydrogens (primary N) is 1. The second kappa shape index (κ2) is 3.06. The van der Waals surface area contributed by atoms with E-state index >= 15 is 0 Å². The summed E-state index contributed by atoms with van der Waals surface area (Å²) in [5, 5.41) is 5.96. The smallest absolute Gasteiger partial charge is 0.169 e. The molecule has 4 nitrogen and oxygen atoms in total. The Labute approximate surface area is 77.8 Å². The highest BCUT2D eigenvalue weighted by Gasteiger charge is 2.13. The monoisotopic (exact) mass is 196 g/mol. The van der Waals surface area contributed by atoms with E-state index in [9.17, 15) is 8.78 Å². The molecule has 0 radical (unpaired) electrons. The standard InChI is InChI=1S/C8H6F2N4/c9-6-2-4(11)1-5(7(6)10)8-12-3-13-14-8/h1-3H,11H2,(H,12,13,14). The molecule has 0 amide bonds. The molecule has 1 aromatic carbocycles. The summed E-state index contributed by atoms with van der Waals surface area (Å²) in [6.45, 7) is 0. The average Bonchev–Trinajstić information content (AvgIpc) is 2.63. The first-order chi connectivity index (χ1) is 6.68. The number of rotatable bonds is 1. The van der Waals surface area contributed by atoms with Gasteiger partial charge in [0.05, 0.1) is 5.56 Å². The number of aromatic amines is 1. The van der Waals surface area contributed by atoms with Crippen LogP contribution >= 0.6 is 0 Å². The van der Waals surface area contributed by atoms with Gasteiger partial charge in [0.2, 0.25) is 0 Å². The molecular formula is C8H6F2N4. The van der Waals surface area contributed by atoms with E-state index in [1.54, 1.807) is 0 Å². The van der Waals surface area contributed by atoms with Crippen LogP contribution in [0.3, 0.4) is 0 Å². The van der Waals surface area contributed by atoms with Crippen molar-refractivity contribution >= 4 is 5.69 Å². The number of H-pyrrole nitrogens is 1. The van der Waals surface area contributed by atoms with Crippen molar-refractivity contribution in [3.8, 4) is 11.4 Å². The van der Waals surface area contributed by atoms with E-state index in [1.165, 1.54) is 12.4 Å². The maximum atomic E-state index is 13.2. The first-order valence-corrected chi connectivity index (χ1v) is 3.78. The molecular weight excluding hydrogens is 190 g/mol. The molecule has 0 atom stereocenters. The van der Waals surface area contributed by atoms with E-state index in [0.29, 0.717) is 0 Å². The summed E-state index contributed by atoms with van der Waals surface area (Å²) in [5.41, 5.74) is 5.47. The van der Waals surface area contributed by atoms with Crippen LogP contribution in [0.1, 0.15) is 0 Å². The van der Waals surface area contributed by atoms with Crippen molar-refractivity contribution in [1.82, 2.24) is 15.2 Å². The zero-order chi connectivity index (χ0) is 10.1. The lowest BCUT2D eigenvalue weighted by molar-refractivity contribution is 0.511. The van der Waals surface area contributed by atoms with Crippen LogP contribution in [0.2, 0.25) is 0 Å². The quantitative estimate of drug-likeness (QED) is 0.676. The predicted molar refractivity (Wildman–Crippen MR) is 46.1 cm³/mol. The number of nitrogens with zero attached hydrogens (tertiary/aromatic N) is 2. The lowest BCUT2D eigenvalue weighted by Crippen LogP contribution is -1.95. The van der Waals surface area contributed by atoms with Gasteiger partial charge in [0.1, 0.15) is 6.33 Å². The summed E-state index contributed by atoms with van der Waals surface area (Å²) in [5.74, 6) is -1.85. The first-order valence-electron chi connectivity index (χ1n) is 3.78. The van der Waals surface area contributed by atoms with E-state index in [1.807, 2.05) is 0 Å². The Morgan fingerprint density at radius 1 is 1.29 bits per heavy atom. The third-order valence-electron chi connectivity index (χ3n) is 1.72. The Kier molecular flexibility index (Phi) is 1.88. The molecule has 0 saturated carbocycles. The normalized spacial score (nSPS) is 10.4. The Morgan fingerprint density at radius 3 is 2.71 bits per heavy atom. The van der Waals surface area contributed by atoms with Gasteiger partial charge in [-0.1, -0.05) is 0 Å². The molecule has 0 aliphatic carbocycles. The molecule has 72 valence electrons. The molecule has 1 aromatic heterocycles. The van der Waals surface area contributed by atoms with Crippen LogP contribution in [0.25, 0.3) is 11.4 Å². The lowest BCUT2D eigenvalue weighted by Gasteiger charge is -2.01. The van der Waals surface area contributed by atoms with Crippen molar-refractivity contribution in [2.24, 2.45) is 0 Å². The highest BCUT2D eigenvalue weighted by molar-refractivity contribution is 5.61. The molecule has 0 unspecified atom stereocenters. The van der Waals surface area contributed by atoms with Crippen molar-refractivity contribution in [2.45, 2.75) is 0 Å². The molecule has 2 aromatic rings. The summed E-state index contributed by atoms with van der Waals surface area (Å²) in [4.78, 5) is 3.70. The third kappa shape index (κ3) is 1.30. The van der Waals surface area contributed by atoms with Crippen molar-refractivity contribution in [1.29, 1.82) is 0 Å². The fraction of sp³-hybridized carbons (Fsp3) is 0. The van der Waals surface area contributed by atoms with Crippen LogP contribution in [0.4, 0.5) is 14.5 Å². The van der Waals surface area contributed by atoms with Gasteiger partial charge in [0.25, 0.3) is 0 Å². The van der Waals surface area contributed by atoms with Crippen LogP contribution in [0, 0.1) is 11.6 Å². The van der Waals surface area contributed by atoms with E-state index in [0.717, 1.165) is 6.07 Å². The number of anilines is 1. The minimum atomic E-state index is -1.00. The van der Waals surface area contributed by atoms with Crippen molar-refractivity contribution in [3.63, 3.8) is 0 Å². The molecule has 0 bridgehead atoms. The zero-order valence-electron chi connectivity index (χ0n) is 6.96. The number of nitrogens with one attached hydrogen (secondary N) is 1. The van der Waals surface area contributed by atoms with Crippen molar-refractivity contribution in [3.05, 3.63) is 30.1 Å². The maximum Gasteiger partial charge on any atom is 0.169 e. The molecule has 1 heterocycles. The van der Waals surface area contributed by atoms with Gasteiger partial charge in [-0.2, -0.15) is 5.10 Å². The molecule has 0 saturated heterocycles. The largest absolute Gasteiger partial charge is 0.399 e. The van der Waals surface area contributed by atoms with E-state index in [-0.39, 0.29) is 17.1 Å². The molecule has 6 heteroatoms. The summed E-state index contributed by atoms with van der Waals surface area (Å²) < 4.78 is 26.1. The number of benzene rings is 1. The molecule has 0 aliphatic heterocycles. The van der Waals surface area contributed by atoms with E-state index in [2.05, 4.69) is 15.2 Å². The number of hydrogen-bond acceptors (Lipinski definition) is 3. The second-order valence-electron chi connectivity index (χ2n) is 2.70. The molecule has 3 N–H and O–H groups in total. The molecule has 0 spiro atoms. The van der Waals surface area contributed by atoms with Crippen molar-refractivity contribution in [2.75, 3.05) is 5.73 Å². The van der Waals surface area contributed by atoms with Gasteiger partial charge < -0.3 is 5.73 Å². The first kappa shape index (κ1) is 8.61. The zero-order valence-corrected chi connectivity index (χ0v) is 6.96. The predicted octanol–water partition coefficient (Wildman–Crippen LogP) is 1.33. The van der Waals surface area contributed by atoms with E-state index < -0.39 is 11.6 Å². The summed E-state index contributed by atoms with van der Waals surface area (Å²) in [7, 11) is 0. The number of nitrogen functional groups attached to an aromatic ring is 1. The molecule has 0 fully saturated rings. The Bertz CT molecular complexity index is 453. The van der Waals surface area contributed by atoms with Crippen molar-refractivity contribution < 1.29 is 8.78 Å². The SMILES string of the molecule is Nc1cc(F)c(F)c(-c2ncn[nH]2)c1. The Morgan fingerprint density at radius 2 is 2.07 bits per heavy atom. The van der Waals surface area contributed by atoms with Gasteiger partial charge in [-0.3, -0.25) is 5.10 Å². The van der Waals surface area contributed by atoms with Gasteiger partial charge in [0, 0.05) is 5.69 Å². The fourth-order valence-electron chi connectivity index (χ4n) is 1.12. The molecule has 2 rings (SSSR count). The number of aromatic nitrogens is 3. The van der Waals surface area contributed by atoms with Crippen LogP contribution in [0.15, 0.2) is 18.5 Å². The topological polar surface area (TPSA) is 67.6 Å². The van der Waals surface area contributed by atoms with Crippen LogP contribution in [0.5, 0.6) is 0 Å². The van der Waals surface area contributed by atoms with Gasteiger partial charge in [-0.15, -0.1) is 0 Å². The van der Waals surface area contributed by atoms with Gasteiger partial charge in [-0.05, 0) is 12.1 Å². The third-order valence-corrected chi connectivity index (χ3v) is 1.72. The lowest BCUT2D eigenvalue weighted by atomic mass is 10.1. The van der Waals surface area contributed by atoms with E-state index in [4.69, 9.17) is 5.73 Å². The highest BCUT2D eigenvalue weighted by atomic mass is 19.2. The Hall–Kier alpha value is -1.98. The van der Waals surface area contributed by atoms with Gasteiger partial charge >= 0.3 is 0 Å². The minimum absolute atomic E-state index is 0.0278. The summed E-state index contributed by atoms with van der Waals surface area (Å²) in [6.07, 6.45) is 1.20. The highest BCUT2D eigenvalue weighted by Crippen LogP contribution is 2.23. The minimum Gasteiger partial charge on any atom is -0.399 e. The van der Waals surface area contributed by atoms with Crippen LogP contribution in [-0.2, 0) is 0 Å². The molecule has 0 aliphatic rings. The van der Waals surface area contributed by atoms with Crippen LogP contribution in [-0.4, -0.2) is 15.2 Å². The number of halogens is 2.